The zero-order valence-corrected chi connectivity index (χ0v) is 30.5. The summed E-state index contributed by atoms with van der Waals surface area (Å²) >= 11 is 1.71. The molecule has 0 aliphatic carbocycles. The number of pyridine rings is 1. The average Bonchev–Trinajstić information content (AvgIpc) is 4.15. The van der Waals surface area contributed by atoms with Crippen LogP contribution in [0.2, 0.25) is 0 Å². The molecule has 0 amide bonds. The van der Waals surface area contributed by atoms with Gasteiger partial charge in [0.15, 0.2) is 0 Å². The van der Waals surface area contributed by atoms with Crippen LogP contribution in [0.3, 0.4) is 0 Å². The van der Waals surface area contributed by atoms with Crippen LogP contribution in [-0.4, -0.2) is 50.1 Å². The molecule has 0 saturated carbocycles. The molecule has 0 radical (unpaired) electrons. The zero-order valence-electron chi connectivity index (χ0n) is 29.7. The fourth-order valence-corrected chi connectivity index (χ4v) is 3.73. The summed E-state index contributed by atoms with van der Waals surface area (Å²) in [4.78, 5) is 27.9. The number of hydrogen-bond acceptors (Lipinski definition) is 8. The van der Waals surface area contributed by atoms with Gasteiger partial charge >= 0.3 is 0 Å². The number of benzene rings is 3. The van der Waals surface area contributed by atoms with Gasteiger partial charge in [-0.05, 0) is 57.9 Å². The molecule has 0 saturated heterocycles. The molecule has 11 heteroatoms. The molecule has 272 valence electrons. The Kier molecular flexibility index (Phi) is 28.1. The smallest absolute Gasteiger partial charge is 0.115 e. The van der Waals surface area contributed by atoms with Crippen LogP contribution in [0, 0.1) is 0 Å². The molecule has 10 nitrogen and oxygen atoms in total. The van der Waals surface area contributed by atoms with E-state index in [-0.39, 0.29) is 0 Å². The minimum atomic E-state index is 1.31. The van der Waals surface area contributed by atoms with Crippen molar-refractivity contribution in [2.45, 2.75) is 0 Å². The van der Waals surface area contributed by atoms with Crippen LogP contribution in [0.25, 0.3) is 10.8 Å². The lowest BCUT2D eigenvalue weighted by atomic mass is 10.1. The minimum absolute atomic E-state index is 1.31. The van der Waals surface area contributed by atoms with E-state index in [0.29, 0.717) is 0 Å². The van der Waals surface area contributed by atoms with Crippen LogP contribution < -0.4 is 0 Å². The van der Waals surface area contributed by atoms with Crippen molar-refractivity contribution < 1.29 is 0 Å². The van der Waals surface area contributed by atoms with Crippen molar-refractivity contribution in [3.8, 4) is 0 Å². The highest BCUT2D eigenvalue weighted by molar-refractivity contribution is 7.07. The highest BCUT2D eigenvalue weighted by atomic mass is 32.1. The molecular weight excluding hydrogens is 689 g/mol. The molecule has 0 aliphatic rings. The first-order valence-electron chi connectivity index (χ1n) is 16.6. The van der Waals surface area contributed by atoms with E-state index in [0.717, 1.165) is 0 Å². The van der Waals surface area contributed by atoms with Crippen molar-refractivity contribution in [2.24, 2.45) is 0 Å². The van der Waals surface area contributed by atoms with E-state index in [1.807, 2.05) is 108 Å². The fourth-order valence-electron chi connectivity index (χ4n) is 3.27. The van der Waals surface area contributed by atoms with Gasteiger partial charge in [0, 0.05) is 86.8 Å². The predicted octanol–water partition coefficient (Wildman–Crippen LogP) is 10.1. The maximum Gasteiger partial charge on any atom is 0.115 e. The van der Waals surface area contributed by atoms with E-state index < -0.39 is 0 Å². The second kappa shape index (κ2) is 35.5. The summed E-state index contributed by atoms with van der Waals surface area (Å²) in [5, 5.41) is 12.9. The molecule has 0 atom stereocenters. The molecule has 3 aromatic carbocycles. The summed E-state index contributed by atoms with van der Waals surface area (Å²) in [6.45, 7) is 0. The number of fused-ring (bicyclic) bond motifs is 1. The maximum absolute atomic E-state index is 3.78. The maximum atomic E-state index is 3.78. The molecule has 0 unspecified atom stereocenters. The number of nitrogens with one attached hydrogen (secondary N) is 3. The SMILES string of the molecule is c1c[nH]cn1.c1cc[nH]c1.c1ccc2ccccc2c1.c1ccccc1.c1ccncc1.c1ccsc1.c1cn[nH]c1.c1cnccn1.c1cncnc1. The Morgan fingerprint density at radius 3 is 1.04 bits per heavy atom. The van der Waals surface area contributed by atoms with Crippen molar-refractivity contribution in [2.75, 3.05) is 0 Å². The molecule has 54 heavy (non-hydrogen) atoms. The summed E-state index contributed by atoms with van der Waals surface area (Å²) in [6.07, 6.45) is 27.2. The lowest BCUT2D eigenvalue weighted by Gasteiger charge is -1.92. The van der Waals surface area contributed by atoms with E-state index in [1.165, 1.54) is 17.1 Å². The Labute approximate surface area is 320 Å². The molecule has 0 fully saturated rings. The van der Waals surface area contributed by atoms with Gasteiger partial charge in [-0.1, -0.05) is 103 Å². The van der Waals surface area contributed by atoms with Crippen LogP contribution in [0.4, 0.5) is 0 Å². The van der Waals surface area contributed by atoms with E-state index in [9.17, 15) is 0 Å². The Bertz CT molecular complexity index is 1530. The van der Waals surface area contributed by atoms with Gasteiger partial charge in [-0.2, -0.15) is 16.4 Å². The number of rotatable bonds is 0. The van der Waals surface area contributed by atoms with Crippen LogP contribution in [0.5, 0.6) is 0 Å². The predicted molar refractivity (Wildman–Crippen MR) is 221 cm³/mol. The monoisotopic (exact) mass is 732 g/mol. The number of aromatic amines is 3. The van der Waals surface area contributed by atoms with Crippen molar-refractivity contribution in [3.63, 3.8) is 0 Å². The van der Waals surface area contributed by atoms with Gasteiger partial charge < -0.3 is 9.97 Å². The zero-order chi connectivity index (χ0) is 37.9. The first-order chi connectivity index (χ1) is 27.0. The standard InChI is InChI=1S/C10H8.C6H6.C5H5N.2C4H4N2.C4H5N.C4H4S.2C3H4N2/c1-2-6-10-8-4-3-7-9(10)5-1;2*1-2-4-6-5-3-1;1-2-6-4-3-5-1;1-2-5-4-6-3-1;2*1-2-4-5-3-1;1-2-5-3-4-1;1-2-4-5-3-1/h1-8H;1-6H;1-5H;2*1-4H;1-5H;1-4H;2*1-3H,(H,4,5). The quantitative estimate of drug-likeness (QED) is 0.141. The Hall–Kier alpha value is -7.37. The molecule has 10 aromatic rings. The Morgan fingerprint density at radius 1 is 0.333 bits per heavy atom. The van der Waals surface area contributed by atoms with Gasteiger partial charge in [-0.3, -0.25) is 20.1 Å². The molecule has 0 bridgehead atoms. The molecular formula is C43H44N10S. The van der Waals surface area contributed by atoms with E-state index in [1.54, 1.807) is 98.1 Å². The molecule has 3 N–H and O–H groups in total. The summed E-state index contributed by atoms with van der Waals surface area (Å²) in [7, 11) is 0. The molecule has 7 heterocycles. The third kappa shape index (κ3) is 28.5. The molecule has 7 aromatic heterocycles. The summed E-state index contributed by atoms with van der Waals surface area (Å²) < 4.78 is 0. The second-order valence-electron chi connectivity index (χ2n) is 9.53. The topological polar surface area (TPSA) is 138 Å². The first-order valence-corrected chi connectivity index (χ1v) is 17.5. The van der Waals surface area contributed by atoms with Gasteiger partial charge in [0.25, 0.3) is 0 Å². The summed E-state index contributed by atoms with van der Waals surface area (Å²) in [6, 6.07) is 46.0. The van der Waals surface area contributed by atoms with E-state index in [2.05, 4.69) is 98.6 Å². The highest BCUT2D eigenvalue weighted by Gasteiger charge is 1.85. The lowest BCUT2D eigenvalue weighted by molar-refractivity contribution is 1.09. The fraction of sp³-hybridized carbons (Fsp3) is 0. The van der Waals surface area contributed by atoms with E-state index in [4.69, 9.17) is 0 Å². The number of hydrogen-bond donors (Lipinski definition) is 3. The summed E-state index contributed by atoms with van der Waals surface area (Å²) in [5.41, 5.74) is 0. The van der Waals surface area contributed by atoms with Crippen molar-refractivity contribution in [3.05, 3.63) is 250 Å². The van der Waals surface area contributed by atoms with Crippen LogP contribution in [-0.2, 0) is 0 Å². The van der Waals surface area contributed by atoms with Gasteiger partial charge in [0.05, 0.1) is 6.33 Å². The number of H-pyrrole nitrogens is 3. The molecule has 10 rings (SSSR count). The van der Waals surface area contributed by atoms with Crippen molar-refractivity contribution in [1.82, 2.24) is 50.1 Å². The highest BCUT2D eigenvalue weighted by Crippen LogP contribution is 2.11. The Morgan fingerprint density at radius 2 is 0.833 bits per heavy atom. The van der Waals surface area contributed by atoms with Crippen LogP contribution in [0.15, 0.2) is 250 Å². The lowest BCUT2D eigenvalue weighted by Crippen LogP contribution is -1.67. The molecule has 0 aliphatic heterocycles. The Balaban J connectivity index is 0.000000212. The normalized spacial score (nSPS) is 8.37. The largest absolute Gasteiger partial charge is 0.368 e. The van der Waals surface area contributed by atoms with Gasteiger partial charge in [0.1, 0.15) is 6.33 Å². The minimum Gasteiger partial charge on any atom is -0.368 e. The number of nitrogens with zero attached hydrogens (tertiary/aromatic N) is 7. The second-order valence-corrected chi connectivity index (χ2v) is 10.3. The van der Waals surface area contributed by atoms with Gasteiger partial charge in [0.2, 0.25) is 0 Å². The van der Waals surface area contributed by atoms with Crippen molar-refractivity contribution in [1.29, 1.82) is 0 Å². The molecule has 0 spiro atoms. The van der Waals surface area contributed by atoms with Gasteiger partial charge in [-0.25, -0.2) is 15.0 Å². The third-order valence-corrected chi connectivity index (χ3v) is 6.21. The number of aromatic nitrogens is 10. The number of thiophene rings is 1. The van der Waals surface area contributed by atoms with Crippen LogP contribution in [0.1, 0.15) is 0 Å². The van der Waals surface area contributed by atoms with Crippen LogP contribution >= 0.6 is 11.3 Å². The van der Waals surface area contributed by atoms with E-state index >= 15 is 0 Å². The summed E-state index contributed by atoms with van der Waals surface area (Å²) in [5.74, 6) is 0. The van der Waals surface area contributed by atoms with Crippen molar-refractivity contribution >= 4 is 22.1 Å². The number of imidazole rings is 1. The van der Waals surface area contributed by atoms with Gasteiger partial charge in [-0.15, -0.1) is 0 Å². The third-order valence-electron chi connectivity index (χ3n) is 5.58. The average molecular weight is 733 g/mol. The first kappa shape index (κ1) is 42.8.